The van der Waals surface area contributed by atoms with Crippen molar-refractivity contribution in [1.82, 2.24) is 4.57 Å². The second kappa shape index (κ2) is 4.07. The van der Waals surface area contributed by atoms with Crippen LogP contribution in [0.1, 0.15) is 26.3 Å². The molecule has 0 aromatic carbocycles. The van der Waals surface area contributed by atoms with Gasteiger partial charge in [0, 0.05) is 21.9 Å². The van der Waals surface area contributed by atoms with E-state index in [1.165, 1.54) is 0 Å². The molecule has 0 spiro atoms. The van der Waals surface area contributed by atoms with Crippen molar-refractivity contribution in [3.63, 3.8) is 0 Å². The van der Waals surface area contributed by atoms with Crippen LogP contribution in [0.2, 0.25) is 0 Å². The van der Waals surface area contributed by atoms with Gasteiger partial charge in [-0.2, -0.15) is 0 Å². The van der Waals surface area contributed by atoms with Crippen molar-refractivity contribution in [2.45, 2.75) is 26.3 Å². The summed E-state index contributed by atoms with van der Waals surface area (Å²) in [7, 11) is 0. The Labute approximate surface area is 85.7 Å². The van der Waals surface area contributed by atoms with Gasteiger partial charge in [0.15, 0.2) is 0 Å². The normalized spacial score (nSPS) is 12.9. The Morgan fingerprint density at radius 1 is 1.67 bits per heavy atom. The zero-order valence-electron chi connectivity index (χ0n) is 7.25. The molecule has 0 aliphatic heterocycles. The molecule has 0 fully saturated rings. The minimum atomic E-state index is 0.0938. The summed E-state index contributed by atoms with van der Waals surface area (Å²) in [4.78, 5) is 11.4. The molecule has 1 atom stereocenters. The topological polar surface area (TPSA) is 22.0 Å². The molecule has 0 saturated carbocycles. The molecule has 0 bridgehead atoms. The molecule has 1 rings (SSSR count). The van der Waals surface area contributed by atoms with Gasteiger partial charge in [-0.1, -0.05) is 6.92 Å². The largest absolute Gasteiger partial charge is 0.313 e. The molecule has 66 valence electrons. The van der Waals surface area contributed by atoms with Gasteiger partial charge in [-0.05, 0) is 42.0 Å². The summed E-state index contributed by atoms with van der Waals surface area (Å²) in [5, 5.41) is 0. The maximum absolute atomic E-state index is 11.4. The SMILES string of the molecule is CCC(C)n1ccc(I)cc1=O. The van der Waals surface area contributed by atoms with Crippen molar-refractivity contribution in [3.05, 3.63) is 32.3 Å². The monoisotopic (exact) mass is 277 g/mol. The molecular weight excluding hydrogens is 265 g/mol. The van der Waals surface area contributed by atoms with Gasteiger partial charge >= 0.3 is 0 Å². The van der Waals surface area contributed by atoms with Crippen LogP contribution in [0.4, 0.5) is 0 Å². The maximum atomic E-state index is 11.4. The van der Waals surface area contributed by atoms with Crippen molar-refractivity contribution < 1.29 is 0 Å². The summed E-state index contributed by atoms with van der Waals surface area (Å²) in [6, 6.07) is 3.91. The van der Waals surface area contributed by atoms with E-state index in [2.05, 4.69) is 29.5 Å². The van der Waals surface area contributed by atoms with Crippen LogP contribution in [0.3, 0.4) is 0 Å². The van der Waals surface area contributed by atoms with E-state index < -0.39 is 0 Å². The fourth-order valence-electron chi connectivity index (χ4n) is 1.03. The highest BCUT2D eigenvalue weighted by Crippen LogP contribution is 2.07. The molecule has 0 N–H and O–H groups in total. The zero-order chi connectivity index (χ0) is 9.14. The zero-order valence-corrected chi connectivity index (χ0v) is 9.41. The van der Waals surface area contributed by atoms with E-state index in [1.807, 2.05) is 19.2 Å². The van der Waals surface area contributed by atoms with Crippen LogP contribution in [0.5, 0.6) is 0 Å². The number of hydrogen-bond acceptors (Lipinski definition) is 1. The molecule has 0 aliphatic rings. The molecule has 3 heteroatoms. The lowest BCUT2D eigenvalue weighted by molar-refractivity contribution is 0.514. The van der Waals surface area contributed by atoms with Gasteiger partial charge in [0.2, 0.25) is 0 Å². The Morgan fingerprint density at radius 3 is 2.83 bits per heavy atom. The molecule has 12 heavy (non-hydrogen) atoms. The van der Waals surface area contributed by atoms with E-state index in [1.54, 1.807) is 10.6 Å². The lowest BCUT2D eigenvalue weighted by atomic mass is 10.2. The number of pyridine rings is 1. The van der Waals surface area contributed by atoms with Gasteiger partial charge in [-0.3, -0.25) is 4.79 Å². The average Bonchev–Trinajstić information content (AvgIpc) is 2.03. The highest BCUT2D eigenvalue weighted by Gasteiger charge is 2.02. The van der Waals surface area contributed by atoms with E-state index in [-0.39, 0.29) is 5.56 Å². The van der Waals surface area contributed by atoms with Crippen molar-refractivity contribution in [2.24, 2.45) is 0 Å². The first kappa shape index (κ1) is 9.77. The summed E-state index contributed by atoms with van der Waals surface area (Å²) >= 11 is 2.14. The molecule has 0 aliphatic carbocycles. The Hall–Kier alpha value is -0.320. The first-order chi connectivity index (χ1) is 5.65. The van der Waals surface area contributed by atoms with Crippen LogP contribution in [-0.2, 0) is 0 Å². The smallest absolute Gasteiger partial charge is 0.251 e. The van der Waals surface area contributed by atoms with Gasteiger partial charge in [0.1, 0.15) is 0 Å². The predicted molar refractivity (Wildman–Crippen MR) is 58.4 cm³/mol. The minimum Gasteiger partial charge on any atom is -0.313 e. The first-order valence-electron chi connectivity index (χ1n) is 4.03. The van der Waals surface area contributed by atoms with E-state index in [4.69, 9.17) is 0 Å². The van der Waals surface area contributed by atoms with Gasteiger partial charge in [-0.15, -0.1) is 0 Å². The third-order valence-corrected chi connectivity index (χ3v) is 2.65. The molecule has 1 aromatic heterocycles. The highest BCUT2D eigenvalue weighted by molar-refractivity contribution is 14.1. The van der Waals surface area contributed by atoms with Crippen molar-refractivity contribution in [3.8, 4) is 0 Å². The number of halogens is 1. The molecule has 1 heterocycles. The lowest BCUT2D eigenvalue weighted by Gasteiger charge is -2.11. The summed E-state index contributed by atoms with van der Waals surface area (Å²) in [6.07, 6.45) is 2.85. The quantitative estimate of drug-likeness (QED) is 0.761. The summed E-state index contributed by atoms with van der Waals surface area (Å²) in [5.41, 5.74) is 0.0938. The minimum absolute atomic E-state index is 0.0938. The third kappa shape index (κ3) is 2.09. The molecule has 1 aromatic rings. The Bertz CT molecular complexity index is 319. The fourth-order valence-corrected chi connectivity index (χ4v) is 1.45. The number of aromatic nitrogens is 1. The van der Waals surface area contributed by atoms with Crippen LogP contribution >= 0.6 is 22.6 Å². The highest BCUT2D eigenvalue weighted by atomic mass is 127. The summed E-state index contributed by atoms with van der Waals surface area (Å²) in [6.45, 7) is 4.13. The Balaban J connectivity index is 3.10. The van der Waals surface area contributed by atoms with E-state index in [0.29, 0.717) is 6.04 Å². The van der Waals surface area contributed by atoms with Crippen molar-refractivity contribution >= 4 is 22.6 Å². The van der Waals surface area contributed by atoms with E-state index in [0.717, 1.165) is 9.99 Å². The van der Waals surface area contributed by atoms with Crippen LogP contribution in [-0.4, -0.2) is 4.57 Å². The number of rotatable bonds is 2. The predicted octanol–water partition coefficient (Wildman–Crippen LogP) is 2.42. The first-order valence-corrected chi connectivity index (χ1v) is 5.10. The van der Waals surface area contributed by atoms with Crippen LogP contribution in [0.25, 0.3) is 0 Å². The van der Waals surface area contributed by atoms with Gasteiger partial charge in [0.05, 0.1) is 0 Å². The average molecular weight is 277 g/mol. The standard InChI is InChI=1S/C9H12INO/c1-3-7(2)11-5-4-8(10)6-9(11)12/h4-7H,3H2,1-2H3. The molecule has 0 amide bonds. The second-order valence-corrected chi connectivity index (χ2v) is 4.09. The van der Waals surface area contributed by atoms with Gasteiger partial charge < -0.3 is 4.57 Å². The fraction of sp³-hybridized carbons (Fsp3) is 0.444. The molecule has 2 nitrogen and oxygen atoms in total. The van der Waals surface area contributed by atoms with Crippen LogP contribution in [0, 0.1) is 3.57 Å². The van der Waals surface area contributed by atoms with Gasteiger partial charge in [-0.25, -0.2) is 0 Å². The molecular formula is C9H12INO. The number of nitrogens with zero attached hydrogens (tertiary/aromatic N) is 1. The number of hydrogen-bond donors (Lipinski definition) is 0. The molecule has 0 saturated heterocycles. The second-order valence-electron chi connectivity index (χ2n) is 2.85. The molecule has 0 radical (unpaired) electrons. The lowest BCUT2D eigenvalue weighted by Crippen LogP contribution is -2.21. The Morgan fingerprint density at radius 2 is 2.33 bits per heavy atom. The Kier molecular flexibility index (Phi) is 3.31. The van der Waals surface area contributed by atoms with Crippen LogP contribution in [0.15, 0.2) is 23.1 Å². The summed E-state index contributed by atoms with van der Waals surface area (Å²) in [5.74, 6) is 0. The summed E-state index contributed by atoms with van der Waals surface area (Å²) < 4.78 is 2.76. The van der Waals surface area contributed by atoms with Crippen molar-refractivity contribution in [2.75, 3.05) is 0 Å². The van der Waals surface area contributed by atoms with Crippen LogP contribution < -0.4 is 5.56 Å². The maximum Gasteiger partial charge on any atom is 0.251 e. The molecule has 1 unspecified atom stereocenters. The van der Waals surface area contributed by atoms with Gasteiger partial charge in [0.25, 0.3) is 5.56 Å². The third-order valence-electron chi connectivity index (χ3n) is 1.98. The van der Waals surface area contributed by atoms with E-state index in [9.17, 15) is 4.79 Å². The van der Waals surface area contributed by atoms with Crippen molar-refractivity contribution in [1.29, 1.82) is 0 Å². The van der Waals surface area contributed by atoms with E-state index >= 15 is 0 Å².